The van der Waals surface area contributed by atoms with Gasteiger partial charge in [0, 0.05) is 17.3 Å². The Morgan fingerprint density at radius 2 is 2.11 bits per heavy atom. The summed E-state index contributed by atoms with van der Waals surface area (Å²) in [5, 5.41) is 14.4. The number of nitrogens with one attached hydrogen (secondary N) is 1. The molecule has 1 aromatic carbocycles. The predicted molar refractivity (Wildman–Crippen MR) is 107 cm³/mol. The minimum Gasteiger partial charge on any atom is -0.328 e. The molecule has 0 radical (unpaired) electrons. The van der Waals surface area contributed by atoms with Crippen LogP contribution in [0.3, 0.4) is 0 Å². The molecule has 27 heavy (non-hydrogen) atoms. The molecule has 1 aliphatic rings. The van der Waals surface area contributed by atoms with Crippen molar-refractivity contribution < 1.29 is 9.59 Å². The van der Waals surface area contributed by atoms with Gasteiger partial charge in [0.2, 0.25) is 5.01 Å². The number of carbonyl (C=O) groups is 2. The first-order chi connectivity index (χ1) is 13.1. The summed E-state index contributed by atoms with van der Waals surface area (Å²) < 4.78 is 0. The number of aromatic nitrogens is 2. The largest absolute Gasteiger partial charge is 0.328 e. The molecule has 0 aliphatic carbocycles. The molecule has 1 atom stereocenters. The third kappa shape index (κ3) is 3.87. The lowest BCUT2D eigenvalue weighted by atomic mass is 10.2. The van der Waals surface area contributed by atoms with Gasteiger partial charge in [0.05, 0.1) is 10.9 Å². The van der Waals surface area contributed by atoms with E-state index in [1.54, 1.807) is 24.3 Å². The number of carbonyl (C=O) groups excluding carboxylic acids is 2. The number of hydrogen-bond donors (Lipinski definition) is 1. The highest BCUT2D eigenvalue weighted by Crippen LogP contribution is 2.35. The van der Waals surface area contributed by atoms with Crippen LogP contribution in [-0.4, -0.2) is 33.5 Å². The first kappa shape index (κ1) is 18.1. The van der Waals surface area contributed by atoms with Gasteiger partial charge in [-0.1, -0.05) is 35.1 Å². The Kier molecular flexibility index (Phi) is 5.20. The summed E-state index contributed by atoms with van der Waals surface area (Å²) in [6, 6.07) is 10.5. The summed E-state index contributed by atoms with van der Waals surface area (Å²) >= 11 is 8.59. The van der Waals surface area contributed by atoms with Crippen LogP contribution in [0.2, 0.25) is 5.02 Å². The molecule has 138 valence electrons. The SMILES string of the molecule is O=C(Nc1cccc(Cl)c1)c1nnc([C@@H]2CCCN2C(=O)c2cccs2)s1. The van der Waals surface area contributed by atoms with E-state index in [0.29, 0.717) is 27.1 Å². The lowest BCUT2D eigenvalue weighted by Gasteiger charge is -2.21. The monoisotopic (exact) mass is 418 g/mol. The van der Waals surface area contributed by atoms with Gasteiger partial charge in [-0.2, -0.15) is 0 Å². The molecule has 2 aromatic heterocycles. The lowest BCUT2D eigenvalue weighted by molar-refractivity contribution is 0.0740. The molecule has 2 amide bonds. The summed E-state index contributed by atoms with van der Waals surface area (Å²) in [5.74, 6) is -0.331. The maximum Gasteiger partial charge on any atom is 0.286 e. The van der Waals surface area contributed by atoms with E-state index in [0.717, 1.165) is 12.8 Å². The van der Waals surface area contributed by atoms with E-state index < -0.39 is 0 Å². The van der Waals surface area contributed by atoms with Crippen LogP contribution in [0.5, 0.6) is 0 Å². The zero-order valence-corrected chi connectivity index (χ0v) is 16.5. The van der Waals surface area contributed by atoms with Crippen LogP contribution in [0.1, 0.15) is 43.4 Å². The Hall–Kier alpha value is -2.29. The van der Waals surface area contributed by atoms with Gasteiger partial charge in [0.15, 0.2) is 0 Å². The summed E-state index contributed by atoms with van der Waals surface area (Å²) in [7, 11) is 0. The fraction of sp³-hybridized carbons (Fsp3) is 0.222. The van der Waals surface area contributed by atoms with Crippen LogP contribution in [0.15, 0.2) is 41.8 Å². The highest BCUT2D eigenvalue weighted by molar-refractivity contribution is 7.13. The summed E-state index contributed by atoms with van der Waals surface area (Å²) in [6.45, 7) is 0.686. The van der Waals surface area contributed by atoms with E-state index in [-0.39, 0.29) is 22.9 Å². The fourth-order valence-corrected chi connectivity index (χ4v) is 4.78. The summed E-state index contributed by atoms with van der Waals surface area (Å²) in [4.78, 5) is 27.7. The van der Waals surface area contributed by atoms with Gasteiger partial charge in [0.25, 0.3) is 11.8 Å². The molecule has 3 aromatic rings. The van der Waals surface area contributed by atoms with E-state index in [1.165, 1.54) is 22.7 Å². The first-order valence-electron chi connectivity index (χ1n) is 8.36. The maximum absolute atomic E-state index is 12.7. The van der Waals surface area contributed by atoms with Crippen molar-refractivity contribution in [3.05, 3.63) is 61.7 Å². The van der Waals surface area contributed by atoms with Crippen molar-refractivity contribution >= 4 is 51.8 Å². The molecular weight excluding hydrogens is 404 g/mol. The molecule has 1 fully saturated rings. The van der Waals surface area contributed by atoms with Gasteiger partial charge in [-0.25, -0.2) is 0 Å². The van der Waals surface area contributed by atoms with E-state index in [1.807, 2.05) is 22.4 Å². The fourth-order valence-electron chi connectivity index (χ4n) is 3.02. The number of benzene rings is 1. The number of hydrogen-bond acceptors (Lipinski definition) is 6. The second-order valence-corrected chi connectivity index (χ2v) is 8.44. The molecule has 9 heteroatoms. The van der Waals surface area contributed by atoms with Crippen LogP contribution in [-0.2, 0) is 0 Å². The lowest BCUT2D eigenvalue weighted by Crippen LogP contribution is -2.29. The average Bonchev–Trinajstić information content (AvgIpc) is 3.41. The van der Waals surface area contributed by atoms with E-state index in [2.05, 4.69) is 15.5 Å². The highest BCUT2D eigenvalue weighted by atomic mass is 35.5. The molecule has 6 nitrogen and oxygen atoms in total. The second-order valence-electron chi connectivity index (χ2n) is 6.04. The van der Waals surface area contributed by atoms with Crippen LogP contribution in [0, 0.1) is 0 Å². The first-order valence-corrected chi connectivity index (χ1v) is 10.4. The molecule has 1 saturated heterocycles. The molecule has 1 N–H and O–H groups in total. The zero-order chi connectivity index (χ0) is 18.8. The predicted octanol–water partition coefficient (Wildman–Crippen LogP) is 4.48. The van der Waals surface area contributed by atoms with Crippen molar-refractivity contribution in [2.24, 2.45) is 0 Å². The Labute approximate surface area is 168 Å². The van der Waals surface area contributed by atoms with E-state index in [9.17, 15) is 9.59 Å². The number of halogens is 1. The number of nitrogens with zero attached hydrogens (tertiary/aromatic N) is 3. The van der Waals surface area contributed by atoms with Crippen molar-refractivity contribution in [1.29, 1.82) is 0 Å². The highest BCUT2D eigenvalue weighted by Gasteiger charge is 2.34. The molecule has 0 bridgehead atoms. The Bertz CT molecular complexity index is 973. The summed E-state index contributed by atoms with van der Waals surface area (Å²) in [6.07, 6.45) is 1.73. The summed E-state index contributed by atoms with van der Waals surface area (Å²) in [5.41, 5.74) is 0.597. The normalized spacial score (nSPS) is 16.5. The van der Waals surface area contributed by atoms with Crippen LogP contribution < -0.4 is 5.32 Å². The number of amides is 2. The van der Waals surface area contributed by atoms with E-state index >= 15 is 0 Å². The van der Waals surface area contributed by atoms with Gasteiger partial charge >= 0.3 is 0 Å². The smallest absolute Gasteiger partial charge is 0.286 e. The number of likely N-dealkylation sites (tertiary alicyclic amines) is 1. The van der Waals surface area contributed by atoms with Crippen molar-refractivity contribution in [3.63, 3.8) is 0 Å². The van der Waals surface area contributed by atoms with Gasteiger partial charge in [0.1, 0.15) is 5.01 Å². The Morgan fingerprint density at radius 3 is 2.89 bits per heavy atom. The molecule has 0 spiro atoms. The topological polar surface area (TPSA) is 75.2 Å². The molecule has 4 rings (SSSR count). The third-order valence-electron chi connectivity index (χ3n) is 4.25. The average molecular weight is 419 g/mol. The van der Waals surface area contributed by atoms with Crippen molar-refractivity contribution in [3.8, 4) is 0 Å². The maximum atomic E-state index is 12.7. The second kappa shape index (κ2) is 7.75. The van der Waals surface area contributed by atoms with Gasteiger partial charge in [-0.05, 0) is 42.5 Å². The minimum atomic E-state index is -0.338. The minimum absolute atomic E-state index is 0.00706. The molecular formula is C18H15ClN4O2S2. The van der Waals surface area contributed by atoms with Crippen molar-refractivity contribution in [1.82, 2.24) is 15.1 Å². The van der Waals surface area contributed by atoms with Crippen molar-refractivity contribution in [2.75, 3.05) is 11.9 Å². The number of anilines is 1. The van der Waals surface area contributed by atoms with Crippen LogP contribution in [0.4, 0.5) is 5.69 Å². The zero-order valence-electron chi connectivity index (χ0n) is 14.1. The molecule has 0 saturated carbocycles. The van der Waals surface area contributed by atoms with E-state index in [4.69, 9.17) is 11.6 Å². The van der Waals surface area contributed by atoms with Gasteiger partial charge in [-0.15, -0.1) is 21.5 Å². The van der Waals surface area contributed by atoms with Crippen molar-refractivity contribution in [2.45, 2.75) is 18.9 Å². The molecule has 0 unspecified atom stereocenters. The number of thiophene rings is 1. The number of rotatable bonds is 4. The quantitative estimate of drug-likeness (QED) is 0.677. The Morgan fingerprint density at radius 1 is 1.22 bits per heavy atom. The standard InChI is InChI=1S/C18H15ClN4O2S2/c19-11-4-1-5-12(10-11)20-15(24)17-22-21-16(27-17)13-6-2-8-23(13)18(25)14-7-3-9-26-14/h1,3-5,7,9-10,13H,2,6,8H2,(H,20,24)/t13-/m0/s1. The third-order valence-corrected chi connectivity index (χ3v) is 6.36. The van der Waals surface area contributed by atoms with Crippen LogP contribution >= 0.6 is 34.3 Å². The van der Waals surface area contributed by atoms with Gasteiger partial charge < -0.3 is 10.2 Å². The Balaban J connectivity index is 1.49. The molecule has 1 aliphatic heterocycles. The van der Waals surface area contributed by atoms with Crippen LogP contribution in [0.25, 0.3) is 0 Å². The molecule has 3 heterocycles. The van der Waals surface area contributed by atoms with Gasteiger partial charge in [-0.3, -0.25) is 9.59 Å².